The van der Waals surface area contributed by atoms with Gasteiger partial charge in [0.25, 0.3) is 0 Å². The molecular formula is C15H30O2. The summed E-state index contributed by atoms with van der Waals surface area (Å²) in [4.78, 5) is 0. The molecule has 0 heterocycles. The quantitative estimate of drug-likeness (QED) is 0.768. The van der Waals surface area contributed by atoms with Crippen LogP contribution in [0.2, 0.25) is 0 Å². The Bertz CT molecular complexity index is 205. The summed E-state index contributed by atoms with van der Waals surface area (Å²) in [7, 11) is 0. The van der Waals surface area contributed by atoms with Gasteiger partial charge in [0.15, 0.2) is 0 Å². The molecule has 17 heavy (non-hydrogen) atoms. The van der Waals surface area contributed by atoms with Crippen LogP contribution < -0.4 is 0 Å². The van der Waals surface area contributed by atoms with Crippen molar-refractivity contribution in [1.82, 2.24) is 0 Å². The van der Waals surface area contributed by atoms with Crippen molar-refractivity contribution in [2.45, 2.75) is 84.5 Å². The van der Waals surface area contributed by atoms with Gasteiger partial charge in [-0.25, -0.2) is 0 Å². The van der Waals surface area contributed by atoms with Crippen molar-refractivity contribution < 1.29 is 9.84 Å². The monoisotopic (exact) mass is 242 g/mol. The van der Waals surface area contributed by atoms with E-state index in [1.807, 2.05) is 0 Å². The minimum absolute atomic E-state index is 0.0422. The third-order valence-corrected chi connectivity index (χ3v) is 4.33. The maximum atomic E-state index is 10.0. The maximum absolute atomic E-state index is 10.0. The second-order valence-electron chi connectivity index (χ2n) is 5.83. The Hall–Kier alpha value is -0.0800. The van der Waals surface area contributed by atoms with E-state index in [0.717, 1.165) is 37.5 Å². The molecule has 1 aliphatic carbocycles. The van der Waals surface area contributed by atoms with Gasteiger partial charge in [-0.15, -0.1) is 0 Å². The summed E-state index contributed by atoms with van der Waals surface area (Å²) >= 11 is 0. The lowest BCUT2D eigenvalue weighted by Crippen LogP contribution is -2.35. The highest BCUT2D eigenvalue weighted by Crippen LogP contribution is 2.32. The molecule has 0 aromatic heterocycles. The van der Waals surface area contributed by atoms with Gasteiger partial charge in [0, 0.05) is 0 Å². The second-order valence-corrected chi connectivity index (χ2v) is 5.83. The molecule has 0 aromatic carbocycles. The number of hydrogen-bond acceptors (Lipinski definition) is 2. The van der Waals surface area contributed by atoms with Gasteiger partial charge in [-0.1, -0.05) is 34.1 Å². The first-order valence-corrected chi connectivity index (χ1v) is 7.41. The number of aliphatic hydroxyl groups is 1. The molecule has 1 N–H and O–H groups in total. The van der Waals surface area contributed by atoms with E-state index < -0.39 is 0 Å². The fourth-order valence-electron chi connectivity index (χ4n) is 2.81. The Kier molecular flexibility index (Phi) is 6.50. The van der Waals surface area contributed by atoms with Crippen LogP contribution >= 0.6 is 0 Å². The first kappa shape index (κ1) is 15.0. The zero-order valence-corrected chi connectivity index (χ0v) is 12.0. The van der Waals surface area contributed by atoms with E-state index in [1.54, 1.807) is 0 Å². The van der Waals surface area contributed by atoms with E-state index >= 15 is 0 Å². The third kappa shape index (κ3) is 4.59. The summed E-state index contributed by atoms with van der Waals surface area (Å²) in [6.07, 6.45) is 6.54. The highest BCUT2D eigenvalue weighted by molar-refractivity contribution is 4.78. The molecule has 1 saturated carbocycles. The summed E-state index contributed by atoms with van der Waals surface area (Å²) < 4.78 is 6.12. The molecule has 1 rings (SSSR count). The molecular weight excluding hydrogens is 212 g/mol. The topological polar surface area (TPSA) is 29.5 Å². The van der Waals surface area contributed by atoms with Crippen molar-refractivity contribution in [1.29, 1.82) is 0 Å². The van der Waals surface area contributed by atoms with Crippen LogP contribution in [0.25, 0.3) is 0 Å². The predicted octanol–water partition coefficient (Wildman–Crippen LogP) is 3.77. The molecule has 0 radical (unpaired) electrons. The van der Waals surface area contributed by atoms with Crippen molar-refractivity contribution in [3.63, 3.8) is 0 Å². The molecule has 1 aliphatic rings. The van der Waals surface area contributed by atoms with Crippen LogP contribution in [0.4, 0.5) is 0 Å². The van der Waals surface area contributed by atoms with E-state index in [2.05, 4.69) is 27.7 Å². The standard InChI is InChI=1S/C15H30O2/c1-5-7-14(16)15(6-2)17-13-9-8-11(3)12(4)10-13/h11-16H,5-10H2,1-4H3. The highest BCUT2D eigenvalue weighted by Gasteiger charge is 2.28. The van der Waals surface area contributed by atoms with Crippen LogP contribution in [0.15, 0.2) is 0 Å². The summed E-state index contributed by atoms with van der Waals surface area (Å²) in [5, 5.41) is 10.0. The van der Waals surface area contributed by atoms with Crippen LogP contribution in [0.1, 0.15) is 66.2 Å². The minimum atomic E-state index is -0.278. The first-order valence-electron chi connectivity index (χ1n) is 7.41. The van der Waals surface area contributed by atoms with Crippen LogP contribution in [0.5, 0.6) is 0 Å². The Labute approximate surface area is 107 Å². The SMILES string of the molecule is CCCC(O)C(CC)OC1CCC(C)C(C)C1. The Morgan fingerprint density at radius 2 is 1.88 bits per heavy atom. The van der Waals surface area contributed by atoms with Gasteiger partial charge in [-0.2, -0.15) is 0 Å². The van der Waals surface area contributed by atoms with Crippen LogP contribution in [0.3, 0.4) is 0 Å². The van der Waals surface area contributed by atoms with Crippen molar-refractivity contribution in [2.75, 3.05) is 0 Å². The average Bonchev–Trinajstić information content (AvgIpc) is 2.30. The summed E-state index contributed by atoms with van der Waals surface area (Å²) in [6.45, 7) is 8.88. The van der Waals surface area contributed by atoms with Crippen LogP contribution in [-0.2, 0) is 4.74 Å². The van der Waals surface area contributed by atoms with Gasteiger partial charge in [0.2, 0.25) is 0 Å². The molecule has 102 valence electrons. The number of ether oxygens (including phenoxy) is 1. The molecule has 0 amide bonds. The number of aliphatic hydroxyl groups excluding tert-OH is 1. The van der Waals surface area contributed by atoms with E-state index in [0.29, 0.717) is 6.10 Å². The number of hydrogen-bond donors (Lipinski definition) is 1. The molecule has 0 aromatic rings. The number of rotatable bonds is 6. The smallest absolute Gasteiger partial charge is 0.0835 e. The average molecular weight is 242 g/mol. The van der Waals surface area contributed by atoms with Crippen molar-refractivity contribution in [3.05, 3.63) is 0 Å². The lowest BCUT2D eigenvalue weighted by molar-refractivity contribution is -0.0998. The van der Waals surface area contributed by atoms with Gasteiger partial charge in [0.1, 0.15) is 0 Å². The molecule has 5 atom stereocenters. The minimum Gasteiger partial charge on any atom is -0.390 e. The summed E-state index contributed by atoms with van der Waals surface area (Å²) in [5.41, 5.74) is 0. The largest absolute Gasteiger partial charge is 0.390 e. The normalized spacial score (nSPS) is 33.4. The summed E-state index contributed by atoms with van der Waals surface area (Å²) in [6, 6.07) is 0. The molecule has 1 fully saturated rings. The van der Waals surface area contributed by atoms with Crippen LogP contribution in [0, 0.1) is 11.8 Å². The Morgan fingerprint density at radius 1 is 1.18 bits per heavy atom. The molecule has 0 saturated heterocycles. The zero-order chi connectivity index (χ0) is 12.8. The van der Waals surface area contributed by atoms with Gasteiger partial charge in [0.05, 0.1) is 18.3 Å². The maximum Gasteiger partial charge on any atom is 0.0835 e. The van der Waals surface area contributed by atoms with E-state index in [9.17, 15) is 5.11 Å². The molecule has 5 unspecified atom stereocenters. The van der Waals surface area contributed by atoms with E-state index in [1.165, 1.54) is 12.8 Å². The highest BCUT2D eigenvalue weighted by atomic mass is 16.5. The molecule has 2 heteroatoms. The van der Waals surface area contributed by atoms with Gasteiger partial charge in [-0.3, -0.25) is 0 Å². The fraction of sp³-hybridized carbons (Fsp3) is 1.00. The van der Waals surface area contributed by atoms with Gasteiger partial charge >= 0.3 is 0 Å². The lowest BCUT2D eigenvalue weighted by atomic mass is 9.80. The fourth-order valence-corrected chi connectivity index (χ4v) is 2.81. The second kappa shape index (κ2) is 7.38. The Balaban J connectivity index is 2.40. The van der Waals surface area contributed by atoms with Crippen molar-refractivity contribution >= 4 is 0 Å². The molecule has 0 spiro atoms. The Morgan fingerprint density at radius 3 is 2.41 bits per heavy atom. The first-order chi connectivity index (χ1) is 8.08. The lowest BCUT2D eigenvalue weighted by Gasteiger charge is -2.35. The van der Waals surface area contributed by atoms with Gasteiger partial charge in [-0.05, 0) is 43.9 Å². The van der Waals surface area contributed by atoms with E-state index in [-0.39, 0.29) is 12.2 Å². The van der Waals surface area contributed by atoms with Gasteiger partial charge < -0.3 is 9.84 Å². The summed E-state index contributed by atoms with van der Waals surface area (Å²) in [5.74, 6) is 1.59. The third-order valence-electron chi connectivity index (χ3n) is 4.33. The van der Waals surface area contributed by atoms with Crippen molar-refractivity contribution in [2.24, 2.45) is 11.8 Å². The molecule has 2 nitrogen and oxygen atoms in total. The molecule has 0 bridgehead atoms. The van der Waals surface area contributed by atoms with E-state index in [4.69, 9.17) is 4.74 Å². The van der Waals surface area contributed by atoms with Crippen molar-refractivity contribution in [3.8, 4) is 0 Å². The predicted molar refractivity (Wildman–Crippen MR) is 72.0 cm³/mol. The zero-order valence-electron chi connectivity index (χ0n) is 12.0. The van der Waals surface area contributed by atoms with Crippen LogP contribution in [-0.4, -0.2) is 23.4 Å². The molecule has 0 aliphatic heterocycles.